The molecule has 42 heavy (non-hydrogen) atoms. The third-order valence-electron chi connectivity index (χ3n) is 6.77. The number of phenolic OH excluding ortho intramolecular Hbond substituents is 2. The van der Waals surface area contributed by atoms with Gasteiger partial charge in [-0.1, -0.05) is 6.07 Å². The number of aliphatic hydroxyl groups is 8. The number of hydrogen-bond donors (Lipinski definition) is 10. The van der Waals surface area contributed by atoms with Gasteiger partial charge in [-0.2, -0.15) is 0 Å². The van der Waals surface area contributed by atoms with Gasteiger partial charge in [0.2, 0.25) is 12.6 Å². The zero-order valence-corrected chi connectivity index (χ0v) is 21.8. The maximum atomic E-state index is 12.7. The van der Waals surface area contributed by atoms with E-state index in [1.807, 2.05) is 0 Å². The third kappa shape index (κ3) is 6.68. The monoisotopic (exact) mass is 600 g/mol. The summed E-state index contributed by atoms with van der Waals surface area (Å²) in [7, 11) is 0. The van der Waals surface area contributed by atoms with E-state index in [-0.39, 0.29) is 23.7 Å². The van der Waals surface area contributed by atoms with E-state index in [9.17, 15) is 55.9 Å². The number of ether oxygens (including phenoxy) is 5. The lowest BCUT2D eigenvalue weighted by molar-refractivity contribution is -0.277. The molecule has 0 spiro atoms. The van der Waals surface area contributed by atoms with E-state index in [4.69, 9.17) is 23.7 Å². The zero-order chi connectivity index (χ0) is 30.7. The van der Waals surface area contributed by atoms with Crippen LogP contribution in [0, 0.1) is 0 Å². The Labute approximate surface area is 237 Å². The molecule has 0 saturated carbocycles. The number of carbonyl (C=O) groups excluding carboxylic acids is 1. The average Bonchev–Trinajstić information content (AvgIpc) is 2.98. The van der Waals surface area contributed by atoms with Crippen LogP contribution in [0.25, 0.3) is 0 Å². The second-order valence-electron chi connectivity index (χ2n) is 9.69. The van der Waals surface area contributed by atoms with Gasteiger partial charge in [0.15, 0.2) is 23.0 Å². The predicted octanol–water partition coefficient (Wildman–Crippen LogP) is -3.19. The first-order chi connectivity index (χ1) is 19.9. The zero-order valence-electron chi connectivity index (χ0n) is 21.8. The number of aromatic hydroxyl groups is 2. The Balaban J connectivity index is 1.38. The summed E-state index contributed by atoms with van der Waals surface area (Å²) >= 11 is 0. The molecule has 0 amide bonds. The molecule has 2 saturated heterocycles. The van der Waals surface area contributed by atoms with Gasteiger partial charge in [0, 0.05) is 0 Å². The van der Waals surface area contributed by atoms with Crippen molar-refractivity contribution < 1.29 is 79.5 Å². The highest BCUT2D eigenvalue weighted by atomic mass is 16.7. The topological polar surface area (TPSA) is 266 Å². The Morgan fingerprint density at radius 2 is 1.21 bits per heavy atom. The molecule has 0 aliphatic carbocycles. The van der Waals surface area contributed by atoms with Crippen LogP contribution in [0.2, 0.25) is 0 Å². The van der Waals surface area contributed by atoms with E-state index >= 15 is 0 Å². The van der Waals surface area contributed by atoms with Crippen molar-refractivity contribution in [2.45, 2.75) is 68.0 Å². The molecule has 2 aliphatic heterocycles. The van der Waals surface area contributed by atoms with Crippen molar-refractivity contribution in [1.82, 2.24) is 0 Å². The fourth-order valence-electron chi connectivity index (χ4n) is 4.30. The molecule has 10 N–H and O–H groups in total. The van der Waals surface area contributed by atoms with E-state index in [0.29, 0.717) is 5.56 Å². The van der Waals surface area contributed by atoms with Gasteiger partial charge in [-0.25, -0.2) is 4.79 Å². The van der Waals surface area contributed by atoms with Crippen LogP contribution in [0.5, 0.6) is 23.0 Å². The van der Waals surface area contributed by atoms with Crippen LogP contribution in [0.3, 0.4) is 0 Å². The summed E-state index contributed by atoms with van der Waals surface area (Å²) in [6.45, 7) is -1.69. The summed E-state index contributed by atoms with van der Waals surface area (Å²) in [5.41, 5.74) is 0.206. The second kappa shape index (κ2) is 13.3. The summed E-state index contributed by atoms with van der Waals surface area (Å²) < 4.78 is 26.5. The van der Waals surface area contributed by atoms with Crippen LogP contribution >= 0.6 is 0 Å². The summed E-state index contributed by atoms with van der Waals surface area (Å²) in [4.78, 5) is 12.7. The molecule has 232 valence electrons. The average molecular weight is 601 g/mol. The number of benzene rings is 2. The predicted molar refractivity (Wildman–Crippen MR) is 134 cm³/mol. The minimum Gasteiger partial charge on any atom is -0.504 e. The summed E-state index contributed by atoms with van der Waals surface area (Å²) in [5.74, 6) is -2.29. The SMILES string of the molecule is O=C(OCc1ccc(O[C@@H]2O[C@H](CO)[C@@H](O)[C@H](O)[C@H]2O)c(O)c1)c1ccc(O)c(O[C@@H]2O[C@H](CO)[C@@H](O)[C@H](O)[C@H]2O)c1. The van der Waals surface area contributed by atoms with Gasteiger partial charge in [0.1, 0.15) is 55.4 Å². The number of aliphatic hydroxyl groups excluding tert-OH is 8. The highest BCUT2D eigenvalue weighted by molar-refractivity contribution is 5.90. The van der Waals surface area contributed by atoms with Crippen molar-refractivity contribution in [2.75, 3.05) is 13.2 Å². The minimum atomic E-state index is -1.75. The van der Waals surface area contributed by atoms with Gasteiger partial charge in [0.05, 0.1) is 18.8 Å². The maximum Gasteiger partial charge on any atom is 0.338 e. The molecule has 4 rings (SSSR count). The summed E-state index contributed by atoms with van der Waals surface area (Å²) in [6.07, 6.45) is -15.6. The van der Waals surface area contributed by atoms with Gasteiger partial charge < -0.3 is 74.7 Å². The highest BCUT2D eigenvalue weighted by Gasteiger charge is 2.46. The number of phenols is 2. The van der Waals surface area contributed by atoms with E-state index in [2.05, 4.69) is 0 Å². The van der Waals surface area contributed by atoms with Crippen LogP contribution in [0.1, 0.15) is 15.9 Å². The van der Waals surface area contributed by atoms with Gasteiger partial charge in [-0.15, -0.1) is 0 Å². The molecule has 16 nitrogen and oxygen atoms in total. The van der Waals surface area contributed by atoms with E-state index in [1.165, 1.54) is 24.3 Å². The van der Waals surface area contributed by atoms with Crippen LogP contribution in [-0.2, 0) is 20.8 Å². The molecular formula is C26H32O16. The lowest BCUT2D eigenvalue weighted by Crippen LogP contribution is -2.60. The maximum absolute atomic E-state index is 12.7. The smallest absolute Gasteiger partial charge is 0.338 e. The van der Waals surface area contributed by atoms with Crippen LogP contribution < -0.4 is 9.47 Å². The molecule has 0 aromatic heterocycles. The highest BCUT2D eigenvalue weighted by Crippen LogP contribution is 2.33. The molecule has 2 aliphatic rings. The van der Waals surface area contributed by atoms with Crippen molar-refractivity contribution >= 4 is 5.97 Å². The number of rotatable bonds is 9. The summed E-state index contributed by atoms with van der Waals surface area (Å²) in [5, 5.41) is 99.0. The first-order valence-corrected chi connectivity index (χ1v) is 12.7. The Kier molecular flexibility index (Phi) is 10.1. The fourth-order valence-corrected chi connectivity index (χ4v) is 4.30. The molecule has 0 radical (unpaired) electrons. The Morgan fingerprint density at radius 3 is 1.74 bits per heavy atom. The molecule has 2 fully saturated rings. The third-order valence-corrected chi connectivity index (χ3v) is 6.77. The lowest BCUT2D eigenvalue weighted by Gasteiger charge is -2.39. The second-order valence-corrected chi connectivity index (χ2v) is 9.69. The van der Waals surface area contributed by atoms with E-state index in [1.54, 1.807) is 0 Å². The van der Waals surface area contributed by atoms with Crippen molar-refractivity contribution in [3.8, 4) is 23.0 Å². The first kappa shape index (κ1) is 31.6. The van der Waals surface area contributed by atoms with Gasteiger partial charge in [0.25, 0.3) is 0 Å². The quantitative estimate of drug-likeness (QED) is 0.127. The first-order valence-electron chi connectivity index (χ1n) is 12.7. The molecule has 2 aromatic carbocycles. The molecule has 2 heterocycles. The Hall–Kier alpha value is -3.29. The molecule has 0 bridgehead atoms. The largest absolute Gasteiger partial charge is 0.504 e. The molecule has 2 aromatic rings. The van der Waals surface area contributed by atoms with Gasteiger partial charge in [-0.05, 0) is 35.9 Å². The van der Waals surface area contributed by atoms with Crippen molar-refractivity contribution in [3.63, 3.8) is 0 Å². The Morgan fingerprint density at radius 1 is 0.667 bits per heavy atom. The standard InChI is InChI=1S/C26H32O16/c27-7-16-18(31)20(33)22(35)25(41-16)39-14-4-1-10(5-13(14)30)9-38-24(37)11-2-3-12(29)15(6-11)40-26-23(36)21(34)19(32)17(8-28)42-26/h1-6,16-23,25-36H,7-9H2/t16-,17-,18-,19-,20+,21+,22-,23-,25-,26-/m1/s1. The number of carbonyl (C=O) groups is 1. The van der Waals surface area contributed by atoms with Gasteiger partial charge in [-0.3, -0.25) is 0 Å². The molecule has 0 unspecified atom stereocenters. The van der Waals surface area contributed by atoms with Crippen molar-refractivity contribution in [3.05, 3.63) is 47.5 Å². The van der Waals surface area contributed by atoms with Crippen LogP contribution in [0.15, 0.2) is 36.4 Å². The Bertz CT molecular complexity index is 1220. The van der Waals surface area contributed by atoms with Crippen molar-refractivity contribution in [2.24, 2.45) is 0 Å². The molecule has 10 atom stereocenters. The van der Waals surface area contributed by atoms with E-state index in [0.717, 1.165) is 12.1 Å². The van der Waals surface area contributed by atoms with Gasteiger partial charge >= 0.3 is 5.97 Å². The van der Waals surface area contributed by atoms with Crippen molar-refractivity contribution in [1.29, 1.82) is 0 Å². The van der Waals surface area contributed by atoms with Crippen LogP contribution in [-0.4, -0.2) is 132 Å². The summed E-state index contributed by atoms with van der Waals surface area (Å²) in [6, 6.07) is 7.27. The molecular weight excluding hydrogens is 568 g/mol. The van der Waals surface area contributed by atoms with Crippen LogP contribution in [0.4, 0.5) is 0 Å². The number of esters is 1. The fraction of sp³-hybridized carbons (Fsp3) is 0.500. The normalized spacial score (nSPS) is 33.1. The lowest BCUT2D eigenvalue weighted by atomic mass is 9.99. The minimum absolute atomic E-state index is 0.0980. The molecule has 16 heteroatoms. The van der Waals surface area contributed by atoms with E-state index < -0.39 is 92.1 Å². The number of hydrogen-bond acceptors (Lipinski definition) is 16.